The molecule has 0 heterocycles. The van der Waals surface area contributed by atoms with Crippen LogP contribution in [0.1, 0.15) is 168 Å². The van der Waals surface area contributed by atoms with Gasteiger partial charge in [0, 0.05) is 19.5 Å². The Morgan fingerprint density at radius 3 is 1.55 bits per heavy atom. The van der Waals surface area contributed by atoms with Gasteiger partial charge in [-0.15, -0.1) is 0 Å². The second-order valence-electron chi connectivity index (χ2n) is 11.7. The molecule has 0 aliphatic carbocycles. The Kier molecular flexibility index (Phi) is 28.4. The molecule has 0 aliphatic rings. The van der Waals surface area contributed by atoms with Crippen molar-refractivity contribution in [3.63, 3.8) is 0 Å². The van der Waals surface area contributed by atoms with E-state index in [-0.39, 0.29) is 18.4 Å². The first-order valence-electron chi connectivity index (χ1n) is 17.2. The third-order valence-corrected chi connectivity index (χ3v) is 7.66. The molecule has 42 heavy (non-hydrogen) atoms. The van der Waals surface area contributed by atoms with Gasteiger partial charge in [-0.2, -0.15) is 0 Å². The zero-order chi connectivity index (χ0) is 31.1. The zero-order valence-corrected chi connectivity index (χ0v) is 27.0. The number of nitrogens with one attached hydrogen (secondary N) is 5. The van der Waals surface area contributed by atoms with E-state index in [0.717, 1.165) is 32.1 Å². The fraction of sp³-hybridized carbons (Fsp3) is 0.906. The number of hydrogen-bond acceptors (Lipinski definition) is 5. The Balaban J connectivity index is 4.14. The summed E-state index contributed by atoms with van der Waals surface area (Å²) in [6, 6.07) is -0.645. The number of carbonyl (C=O) groups is 2. The maximum Gasteiger partial charge on any atom is 0.251 e. The van der Waals surface area contributed by atoms with Crippen molar-refractivity contribution in [2.75, 3.05) is 13.1 Å². The molecule has 2 amide bonds. The second kappa shape index (κ2) is 30.1. The highest BCUT2D eigenvalue weighted by atomic mass is 16.7. The van der Waals surface area contributed by atoms with Crippen molar-refractivity contribution in [2.45, 2.75) is 174 Å². The van der Waals surface area contributed by atoms with E-state index in [1.54, 1.807) is 5.43 Å². The third-order valence-electron chi connectivity index (χ3n) is 7.66. The molecule has 0 bridgehead atoms. The van der Waals surface area contributed by atoms with Gasteiger partial charge in [-0.05, 0) is 25.7 Å². The molecule has 0 unspecified atom stereocenters. The molecular weight excluding hydrogens is 532 g/mol. The highest BCUT2D eigenvalue weighted by Gasteiger charge is 2.20. The van der Waals surface area contributed by atoms with Gasteiger partial charge < -0.3 is 16.0 Å². The molecule has 0 radical (unpaired) electrons. The van der Waals surface area contributed by atoms with Gasteiger partial charge in [-0.1, -0.05) is 141 Å². The number of rotatable bonds is 30. The number of guanidine groups is 1. The summed E-state index contributed by atoms with van der Waals surface area (Å²) < 4.78 is 0. The van der Waals surface area contributed by atoms with E-state index in [4.69, 9.17) is 5.41 Å². The summed E-state index contributed by atoms with van der Waals surface area (Å²) in [7, 11) is 0. The van der Waals surface area contributed by atoms with Gasteiger partial charge in [-0.25, -0.2) is 10.1 Å². The summed E-state index contributed by atoms with van der Waals surface area (Å²) in [6.07, 6.45) is 27.2. The first-order valence-corrected chi connectivity index (χ1v) is 17.2. The van der Waals surface area contributed by atoms with Crippen LogP contribution in [0.3, 0.4) is 0 Å². The molecule has 0 aliphatic heterocycles. The van der Waals surface area contributed by atoms with E-state index in [1.165, 1.54) is 103 Å². The normalized spacial score (nSPS) is 11.6. The third kappa shape index (κ3) is 27.8. The minimum absolute atomic E-state index is 0.111. The van der Waals surface area contributed by atoms with Crippen LogP contribution in [0.25, 0.3) is 0 Å². The monoisotopic (exact) mass is 596 g/mol. The van der Waals surface area contributed by atoms with Crippen LogP contribution >= 0.6 is 0 Å². The van der Waals surface area contributed by atoms with E-state index in [1.807, 2.05) is 0 Å². The molecule has 0 saturated carbocycles. The van der Waals surface area contributed by atoms with Gasteiger partial charge in [-0.3, -0.25) is 15.0 Å². The minimum Gasteiger partial charge on any atom is -0.354 e. The van der Waals surface area contributed by atoms with Crippen LogP contribution in [-0.2, 0) is 9.59 Å². The molecule has 0 rings (SSSR count). The van der Waals surface area contributed by atoms with Gasteiger partial charge in [0.2, 0.25) is 11.8 Å². The SMILES string of the molecule is CCCCCCCCCCCCCCCCCC(=O)N[C@@H](CCCNC(=N)N[N+](=O)[O-])C(=O)NCCCCCCCC. The summed E-state index contributed by atoms with van der Waals surface area (Å²) in [5, 5.41) is 25.6. The lowest BCUT2D eigenvalue weighted by Gasteiger charge is -2.19. The Labute approximate surface area is 256 Å². The summed E-state index contributed by atoms with van der Waals surface area (Å²) in [4.78, 5) is 35.8. The van der Waals surface area contributed by atoms with Gasteiger partial charge >= 0.3 is 0 Å². The average Bonchev–Trinajstić information content (AvgIpc) is 2.95. The summed E-state index contributed by atoms with van der Waals surface area (Å²) in [5.41, 5.74) is 1.75. The number of hydrazine groups is 1. The van der Waals surface area contributed by atoms with E-state index < -0.39 is 17.0 Å². The van der Waals surface area contributed by atoms with Crippen molar-refractivity contribution in [1.29, 1.82) is 5.41 Å². The first kappa shape index (κ1) is 39.6. The van der Waals surface area contributed by atoms with Crippen molar-refractivity contribution >= 4 is 17.8 Å². The van der Waals surface area contributed by atoms with Crippen LogP contribution in [0.2, 0.25) is 0 Å². The second-order valence-corrected chi connectivity index (χ2v) is 11.7. The standard InChI is InChI=1S/C32H64N6O4/c1-3-5-7-9-11-12-13-14-15-16-17-18-19-20-22-26-30(39)36-29(25-24-28-35-32(33)37-38(41)42)31(40)34-27-23-21-10-8-6-4-2/h29H,3-28H2,1-2H3,(H,34,40)(H,36,39)(H3,33,35,37)/t29-/m0/s1. The molecule has 1 atom stereocenters. The maximum absolute atomic E-state index is 12.8. The summed E-state index contributed by atoms with van der Waals surface area (Å²) >= 11 is 0. The molecule has 0 aromatic carbocycles. The predicted octanol–water partition coefficient (Wildman–Crippen LogP) is 7.30. The lowest BCUT2D eigenvalue weighted by molar-refractivity contribution is -0.525. The first-order chi connectivity index (χ1) is 20.4. The number of amides is 2. The molecule has 5 N–H and O–H groups in total. The highest BCUT2D eigenvalue weighted by Crippen LogP contribution is 2.14. The number of nitrogens with zero attached hydrogens (tertiary/aromatic N) is 1. The van der Waals surface area contributed by atoms with Crippen molar-refractivity contribution in [3.05, 3.63) is 10.1 Å². The Bertz CT molecular complexity index is 692. The molecule has 0 saturated heterocycles. The number of unbranched alkanes of at least 4 members (excludes halogenated alkanes) is 19. The fourth-order valence-electron chi connectivity index (χ4n) is 5.08. The number of nitro groups is 1. The Morgan fingerprint density at radius 1 is 0.643 bits per heavy atom. The number of hydrogen-bond donors (Lipinski definition) is 5. The van der Waals surface area contributed by atoms with Gasteiger partial charge in [0.1, 0.15) is 6.04 Å². The van der Waals surface area contributed by atoms with Crippen LogP contribution in [0, 0.1) is 15.5 Å². The van der Waals surface area contributed by atoms with E-state index in [2.05, 4.69) is 29.8 Å². The molecule has 0 fully saturated rings. The fourth-order valence-corrected chi connectivity index (χ4v) is 5.08. The largest absolute Gasteiger partial charge is 0.354 e. The van der Waals surface area contributed by atoms with Gasteiger partial charge in [0.25, 0.3) is 5.96 Å². The van der Waals surface area contributed by atoms with Crippen LogP contribution in [-0.4, -0.2) is 41.9 Å². The maximum atomic E-state index is 12.8. The molecular formula is C32H64N6O4. The molecule has 10 heteroatoms. The molecule has 246 valence electrons. The number of carbonyl (C=O) groups excluding carboxylic acids is 2. The minimum atomic E-state index is -0.800. The topological polar surface area (TPSA) is 149 Å². The Morgan fingerprint density at radius 2 is 1.07 bits per heavy atom. The van der Waals surface area contributed by atoms with Crippen molar-refractivity contribution < 1.29 is 14.6 Å². The summed E-state index contributed by atoms with van der Waals surface area (Å²) in [6.45, 7) is 5.32. The molecule has 10 nitrogen and oxygen atoms in total. The quantitative estimate of drug-likeness (QED) is 0.0193. The van der Waals surface area contributed by atoms with Crippen molar-refractivity contribution in [1.82, 2.24) is 21.4 Å². The smallest absolute Gasteiger partial charge is 0.251 e. The molecule has 0 aromatic rings. The van der Waals surface area contributed by atoms with E-state index in [9.17, 15) is 19.7 Å². The molecule has 0 aromatic heterocycles. The van der Waals surface area contributed by atoms with Crippen LogP contribution in [0.15, 0.2) is 0 Å². The lowest BCUT2D eigenvalue weighted by Crippen LogP contribution is -2.47. The van der Waals surface area contributed by atoms with Gasteiger partial charge in [0.15, 0.2) is 5.03 Å². The lowest BCUT2D eigenvalue weighted by atomic mass is 10.0. The predicted molar refractivity (Wildman–Crippen MR) is 173 cm³/mol. The zero-order valence-electron chi connectivity index (χ0n) is 27.0. The van der Waals surface area contributed by atoms with Crippen molar-refractivity contribution in [2.24, 2.45) is 0 Å². The average molecular weight is 597 g/mol. The summed E-state index contributed by atoms with van der Waals surface area (Å²) in [5.74, 6) is -0.701. The van der Waals surface area contributed by atoms with Crippen LogP contribution < -0.4 is 21.4 Å². The van der Waals surface area contributed by atoms with Crippen LogP contribution in [0.5, 0.6) is 0 Å². The van der Waals surface area contributed by atoms with E-state index in [0.29, 0.717) is 25.8 Å². The van der Waals surface area contributed by atoms with E-state index >= 15 is 0 Å². The Hall–Kier alpha value is -2.39. The van der Waals surface area contributed by atoms with Gasteiger partial charge in [0.05, 0.1) is 0 Å². The van der Waals surface area contributed by atoms with Crippen LogP contribution in [0.4, 0.5) is 0 Å². The molecule has 0 spiro atoms. The highest BCUT2D eigenvalue weighted by molar-refractivity contribution is 5.87. The van der Waals surface area contributed by atoms with Crippen molar-refractivity contribution in [3.8, 4) is 0 Å².